The number of nitrogens with two attached hydrogens (primary N) is 1. The molecule has 1 rings (SSSR count). The fourth-order valence-electron chi connectivity index (χ4n) is 1.15. The van der Waals surface area contributed by atoms with E-state index in [0.29, 0.717) is 13.0 Å². The third-order valence-electron chi connectivity index (χ3n) is 1.92. The largest absolute Gasteiger partial charge is 0.392 e. The second-order valence-electron chi connectivity index (χ2n) is 2.94. The molecule has 4 heteroatoms. The topological polar surface area (TPSA) is 75.4 Å². The van der Waals surface area contributed by atoms with Crippen LogP contribution in [-0.4, -0.2) is 29.2 Å². The number of hydrogen-bond acceptors (Lipinski definition) is 3. The number of aliphatic hydroxyl groups is 1. The number of primary amides is 1. The Balaban J connectivity index is 2.63. The Morgan fingerprint density at radius 1 is 1.90 bits per heavy atom. The lowest BCUT2D eigenvalue weighted by molar-refractivity contribution is -0.123. The van der Waals surface area contributed by atoms with E-state index in [-0.39, 0.29) is 0 Å². The van der Waals surface area contributed by atoms with E-state index in [1.807, 2.05) is 0 Å². The van der Waals surface area contributed by atoms with Crippen LogP contribution in [-0.2, 0) is 4.79 Å². The molecule has 0 radical (unpaired) electrons. The van der Waals surface area contributed by atoms with Gasteiger partial charge >= 0.3 is 0 Å². The second-order valence-corrected chi connectivity index (χ2v) is 2.94. The van der Waals surface area contributed by atoms with Crippen LogP contribution in [0.4, 0.5) is 0 Å². The van der Waals surface area contributed by atoms with E-state index in [1.54, 1.807) is 6.92 Å². The lowest BCUT2D eigenvalue weighted by atomic mass is 9.99. The number of amides is 1. The average Bonchev–Trinajstić information content (AvgIpc) is 2.13. The summed E-state index contributed by atoms with van der Waals surface area (Å²) in [6.45, 7) is 2.16. The number of aliphatic hydroxyl groups excluding tert-OH is 1. The highest BCUT2D eigenvalue weighted by Gasteiger charge is 2.38. The molecule has 1 amide bonds. The summed E-state index contributed by atoms with van der Waals surface area (Å²) in [7, 11) is 0. The molecule has 0 aromatic rings. The molecule has 10 heavy (non-hydrogen) atoms. The predicted octanol–water partition coefficient (Wildman–Crippen LogP) is -1.42. The first-order valence-electron chi connectivity index (χ1n) is 3.27. The van der Waals surface area contributed by atoms with Gasteiger partial charge < -0.3 is 16.2 Å². The maximum absolute atomic E-state index is 10.7. The van der Waals surface area contributed by atoms with E-state index < -0.39 is 17.6 Å². The normalized spacial score (nSPS) is 40.0. The fraction of sp³-hybridized carbons (Fsp3) is 0.833. The summed E-state index contributed by atoms with van der Waals surface area (Å²) in [5.74, 6) is -0.399. The van der Waals surface area contributed by atoms with Gasteiger partial charge in [-0.1, -0.05) is 0 Å². The first-order chi connectivity index (χ1) is 4.54. The second kappa shape index (κ2) is 2.21. The maximum Gasteiger partial charge on any atom is 0.237 e. The molecular weight excluding hydrogens is 132 g/mol. The fourth-order valence-corrected chi connectivity index (χ4v) is 1.15. The van der Waals surface area contributed by atoms with E-state index in [1.165, 1.54) is 0 Å². The molecule has 4 nitrogen and oxygen atoms in total. The van der Waals surface area contributed by atoms with Crippen LogP contribution < -0.4 is 11.1 Å². The van der Waals surface area contributed by atoms with Gasteiger partial charge in [-0.05, 0) is 6.92 Å². The summed E-state index contributed by atoms with van der Waals surface area (Å²) in [4.78, 5) is 10.7. The van der Waals surface area contributed by atoms with Crippen LogP contribution in [0, 0.1) is 0 Å². The van der Waals surface area contributed by atoms with Gasteiger partial charge in [-0.15, -0.1) is 0 Å². The molecule has 1 aliphatic heterocycles. The zero-order valence-electron chi connectivity index (χ0n) is 5.92. The zero-order valence-corrected chi connectivity index (χ0v) is 5.92. The van der Waals surface area contributed by atoms with E-state index in [0.717, 1.165) is 0 Å². The number of carbonyl (C=O) groups excluding carboxylic acids is 1. The summed E-state index contributed by atoms with van der Waals surface area (Å²) >= 11 is 0. The summed E-state index contributed by atoms with van der Waals surface area (Å²) in [6.07, 6.45) is -0.0139. The zero-order chi connectivity index (χ0) is 7.78. The SMILES string of the molecule is CC1(C(N)=O)CC(O)CN1. The number of carbonyl (C=O) groups is 1. The Kier molecular flexibility index (Phi) is 1.66. The van der Waals surface area contributed by atoms with Crippen LogP contribution in [0.5, 0.6) is 0 Å². The van der Waals surface area contributed by atoms with Crippen molar-refractivity contribution < 1.29 is 9.90 Å². The Hall–Kier alpha value is -0.610. The van der Waals surface area contributed by atoms with Gasteiger partial charge in [-0.2, -0.15) is 0 Å². The first kappa shape index (κ1) is 7.50. The Labute approximate surface area is 59.4 Å². The van der Waals surface area contributed by atoms with E-state index in [2.05, 4.69) is 5.32 Å². The predicted molar refractivity (Wildman–Crippen MR) is 36.2 cm³/mol. The van der Waals surface area contributed by atoms with Crippen molar-refractivity contribution in [3.05, 3.63) is 0 Å². The minimum absolute atomic E-state index is 0.399. The van der Waals surface area contributed by atoms with Crippen LogP contribution in [0.15, 0.2) is 0 Å². The van der Waals surface area contributed by atoms with Crippen LogP contribution in [0.2, 0.25) is 0 Å². The lowest BCUT2D eigenvalue weighted by Gasteiger charge is -2.18. The lowest BCUT2D eigenvalue weighted by Crippen LogP contribution is -2.48. The van der Waals surface area contributed by atoms with Gasteiger partial charge in [-0.25, -0.2) is 0 Å². The third kappa shape index (κ3) is 1.12. The van der Waals surface area contributed by atoms with Gasteiger partial charge in [0.25, 0.3) is 0 Å². The molecule has 1 heterocycles. The molecule has 0 saturated carbocycles. The molecule has 4 N–H and O–H groups in total. The van der Waals surface area contributed by atoms with Gasteiger partial charge in [0, 0.05) is 13.0 Å². The molecule has 0 aromatic carbocycles. The Morgan fingerprint density at radius 2 is 2.50 bits per heavy atom. The molecule has 0 spiro atoms. The summed E-state index contributed by atoms with van der Waals surface area (Å²) < 4.78 is 0. The van der Waals surface area contributed by atoms with Crippen molar-refractivity contribution >= 4 is 5.91 Å². The summed E-state index contributed by atoms with van der Waals surface area (Å²) in [5, 5.41) is 11.9. The van der Waals surface area contributed by atoms with Crippen molar-refractivity contribution in [1.29, 1.82) is 0 Å². The molecule has 58 valence electrons. The van der Waals surface area contributed by atoms with Crippen molar-refractivity contribution in [2.24, 2.45) is 5.73 Å². The van der Waals surface area contributed by atoms with Crippen molar-refractivity contribution in [3.63, 3.8) is 0 Å². The van der Waals surface area contributed by atoms with Crippen molar-refractivity contribution in [3.8, 4) is 0 Å². The van der Waals surface area contributed by atoms with Crippen LogP contribution in [0.25, 0.3) is 0 Å². The van der Waals surface area contributed by atoms with Crippen molar-refractivity contribution in [2.75, 3.05) is 6.54 Å². The summed E-state index contributed by atoms with van der Waals surface area (Å²) in [6, 6.07) is 0. The third-order valence-corrected chi connectivity index (χ3v) is 1.92. The summed E-state index contributed by atoms with van der Waals surface area (Å²) in [5.41, 5.74) is 4.39. The highest BCUT2D eigenvalue weighted by atomic mass is 16.3. The molecule has 2 atom stereocenters. The van der Waals surface area contributed by atoms with Gasteiger partial charge in [-0.3, -0.25) is 4.79 Å². The van der Waals surface area contributed by atoms with Crippen molar-refractivity contribution in [1.82, 2.24) is 5.32 Å². The van der Waals surface area contributed by atoms with Gasteiger partial charge in [0.05, 0.1) is 11.6 Å². The maximum atomic E-state index is 10.7. The molecular formula is C6H12N2O2. The Bertz CT molecular complexity index is 160. The molecule has 1 saturated heterocycles. The van der Waals surface area contributed by atoms with E-state index >= 15 is 0 Å². The smallest absolute Gasteiger partial charge is 0.237 e. The molecule has 1 aliphatic rings. The number of hydrogen-bond donors (Lipinski definition) is 3. The molecule has 0 bridgehead atoms. The molecule has 1 fully saturated rings. The number of rotatable bonds is 1. The van der Waals surface area contributed by atoms with E-state index in [9.17, 15) is 4.79 Å². The average molecular weight is 144 g/mol. The van der Waals surface area contributed by atoms with E-state index in [4.69, 9.17) is 10.8 Å². The van der Waals surface area contributed by atoms with Crippen LogP contribution in [0.1, 0.15) is 13.3 Å². The highest BCUT2D eigenvalue weighted by molar-refractivity contribution is 5.84. The highest BCUT2D eigenvalue weighted by Crippen LogP contribution is 2.17. The standard InChI is InChI=1S/C6H12N2O2/c1-6(5(7)10)2-4(9)3-8-6/h4,8-9H,2-3H2,1H3,(H2,7,10). The number of nitrogens with one attached hydrogen (secondary N) is 1. The van der Waals surface area contributed by atoms with Gasteiger partial charge in [0.15, 0.2) is 0 Å². The Morgan fingerprint density at radius 3 is 2.70 bits per heavy atom. The minimum Gasteiger partial charge on any atom is -0.392 e. The molecule has 0 aliphatic carbocycles. The number of β-amino-alcohol motifs (C(OH)–C–C–N with tert-alkyl or cyclic N) is 1. The van der Waals surface area contributed by atoms with Crippen molar-refractivity contribution in [2.45, 2.75) is 25.0 Å². The van der Waals surface area contributed by atoms with Gasteiger partial charge in [0.1, 0.15) is 0 Å². The first-order valence-corrected chi connectivity index (χ1v) is 3.27. The monoisotopic (exact) mass is 144 g/mol. The minimum atomic E-state index is -0.695. The van der Waals surface area contributed by atoms with Crippen LogP contribution in [0.3, 0.4) is 0 Å². The quantitative estimate of drug-likeness (QED) is 0.423. The van der Waals surface area contributed by atoms with Crippen LogP contribution >= 0.6 is 0 Å². The van der Waals surface area contributed by atoms with Gasteiger partial charge in [0.2, 0.25) is 5.91 Å². The molecule has 0 aromatic heterocycles. The molecule has 2 unspecified atom stereocenters.